The quantitative estimate of drug-likeness (QED) is 0.415. The number of carbonyl (C=O) groups excluding carboxylic acids is 1. The smallest absolute Gasteiger partial charge is 0.185 e. The van der Waals surface area contributed by atoms with Gasteiger partial charge in [-0.05, 0) is 34.9 Å². The fourth-order valence-corrected chi connectivity index (χ4v) is 5.69. The third-order valence-corrected chi connectivity index (χ3v) is 7.13. The van der Waals surface area contributed by atoms with Gasteiger partial charge >= 0.3 is 0 Å². The predicted octanol–water partition coefficient (Wildman–Crippen LogP) is 6.40. The summed E-state index contributed by atoms with van der Waals surface area (Å²) in [5.74, 6) is -0.973. The summed E-state index contributed by atoms with van der Waals surface area (Å²) in [4.78, 5) is 15.8. The molecule has 2 heterocycles. The lowest BCUT2D eigenvalue weighted by Crippen LogP contribution is -2.37. The van der Waals surface area contributed by atoms with Gasteiger partial charge in [0.05, 0.1) is 18.2 Å². The number of Topliss-reactive ketones (excluding diaryl/α,β-unsaturated/α-hetero) is 1. The number of nitriles is 2. The van der Waals surface area contributed by atoms with Gasteiger partial charge in [-0.25, -0.2) is 0 Å². The highest BCUT2D eigenvalue weighted by Crippen LogP contribution is 2.60. The minimum Gasteiger partial charge on any atom is -0.357 e. The molecule has 0 aliphatic carbocycles. The molecule has 3 atom stereocenters. The number of rotatable bonds is 3. The molecule has 0 aromatic heterocycles. The maximum atomic E-state index is 13.9. The molecule has 1 fully saturated rings. The Morgan fingerprint density at radius 3 is 2.30 bits per heavy atom. The minimum atomic E-state index is -1.56. The molecule has 0 N–H and O–H groups in total. The summed E-state index contributed by atoms with van der Waals surface area (Å²) in [5.41, 5.74) is 1.26. The SMILES string of the molecule is N#CC1(C#N)[C@H](c2ccc(Cl)cc2Cl)[C@@H](C(=O)c2ccccc2)N2C=Cc3ccccc3[C@H]21. The van der Waals surface area contributed by atoms with Gasteiger partial charge in [0, 0.05) is 27.7 Å². The number of carbonyl (C=O) groups is 1. The Morgan fingerprint density at radius 2 is 1.61 bits per heavy atom. The van der Waals surface area contributed by atoms with Crippen molar-refractivity contribution in [1.82, 2.24) is 4.90 Å². The number of benzene rings is 3. The van der Waals surface area contributed by atoms with E-state index in [9.17, 15) is 15.3 Å². The maximum Gasteiger partial charge on any atom is 0.185 e. The summed E-state index contributed by atoms with van der Waals surface area (Å²) in [5, 5.41) is 21.8. The molecule has 1 saturated heterocycles. The van der Waals surface area contributed by atoms with Crippen molar-refractivity contribution in [3.63, 3.8) is 0 Å². The zero-order valence-electron chi connectivity index (χ0n) is 17.3. The lowest BCUT2D eigenvalue weighted by molar-refractivity contribution is 0.0875. The van der Waals surface area contributed by atoms with Crippen LogP contribution >= 0.6 is 23.2 Å². The van der Waals surface area contributed by atoms with Crippen LogP contribution in [-0.2, 0) is 0 Å². The highest BCUT2D eigenvalue weighted by Gasteiger charge is 2.64. The van der Waals surface area contributed by atoms with Crippen molar-refractivity contribution < 1.29 is 4.79 Å². The molecule has 0 unspecified atom stereocenters. The van der Waals surface area contributed by atoms with Gasteiger partial charge in [-0.15, -0.1) is 0 Å². The Labute approximate surface area is 201 Å². The van der Waals surface area contributed by atoms with Crippen molar-refractivity contribution in [2.45, 2.75) is 18.0 Å². The van der Waals surface area contributed by atoms with Crippen molar-refractivity contribution in [3.05, 3.63) is 111 Å². The number of halogens is 2. The van der Waals surface area contributed by atoms with Crippen LogP contribution in [0.1, 0.15) is 39.0 Å². The molecule has 2 aliphatic rings. The molecule has 0 saturated carbocycles. The van der Waals surface area contributed by atoms with E-state index in [-0.39, 0.29) is 5.78 Å². The molecule has 5 rings (SSSR count). The fraction of sp³-hybridized carbons (Fsp3) is 0.148. The topological polar surface area (TPSA) is 67.9 Å². The van der Waals surface area contributed by atoms with Crippen molar-refractivity contribution in [1.29, 1.82) is 10.5 Å². The molecule has 2 aliphatic heterocycles. The van der Waals surface area contributed by atoms with Crippen LogP contribution < -0.4 is 0 Å². The minimum absolute atomic E-state index is 0.173. The summed E-state index contributed by atoms with van der Waals surface area (Å²) in [7, 11) is 0. The molecular weight excluding hydrogens is 453 g/mol. The molecule has 33 heavy (non-hydrogen) atoms. The first-order valence-corrected chi connectivity index (χ1v) is 11.2. The largest absolute Gasteiger partial charge is 0.357 e. The summed E-state index contributed by atoms with van der Waals surface area (Å²) < 4.78 is 0. The average molecular weight is 470 g/mol. The fourth-order valence-electron chi connectivity index (χ4n) is 5.17. The average Bonchev–Trinajstić information content (AvgIpc) is 3.15. The number of fused-ring (bicyclic) bond motifs is 3. The molecule has 3 aromatic carbocycles. The highest BCUT2D eigenvalue weighted by molar-refractivity contribution is 6.35. The van der Waals surface area contributed by atoms with Crippen molar-refractivity contribution in [2.75, 3.05) is 0 Å². The third-order valence-electron chi connectivity index (χ3n) is 6.57. The number of ketones is 1. The molecule has 3 aromatic rings. The van der Waals surface area contributed by atoms with Crippen LogP contribution in [0.3, 0.4) is 0 Å². The Hall–Kier alpha value is -3.57. The zero-order chi connectivity index (χ0) is 23.2. The number of hydrogen-bond donors (Lipinski definition) is 0. The van der Waals surface area contributed by atoms with Crippen LogP contribution in [0.15, 0.2) is 79.0 Å². The second-order valence-corrected chi connectivity index (χ2v) is 9.05. The molecule has 0 bridgehead atoms. The van der Waals surface area contributed by atoms with Gasteiger partial charge in [-0.2, -0.15) is 10.5 Å². The Kier molecular flexibility index (Phi) is 5.22. The number of nitrogens with zero attached hydrogens (tertiary/aromatic N) is 3. The normalized spacial score (nSPS) is 22.1. The van der Waals surface area contributed by atoms with E-state index in [0.29, 0.717) is 21.2 Å². The van der Waals surface area contributed by atoms with E-state index in [4.69, 9.17) is 23.2 Å². The molecule has 0 amide bonds. The third kappa shape index (κ3) is 3.15. The van der Waals surface area contributed by atoms with Crippen molar-refractivity contribution in [3.8, 4) is 12.1 Å². The van der Waals surface area contributed by atoms with Crippen LogP contribution in [0, 0.1) is 28.1 Å². The van der Waals surface area contributed by atoms with Gasteiger partial charge in [-0.3, -0.25) is 4.79 Å². The monoisotopic (exact) mass is 469 g/mol. The molecule has 0 spiro atoms. The van der Waals surface area contributed by atoms with E-state index in [2.05, 4.69) is 12.1 Å². The van der Waals surface area contributed by atoms with Gasteiger partial charge in [-0.1, -0.05) is 83.9 Å². The summed E-state index contributed by atoms with van der Waals surface area (Å²) in [6, 6.07) is 24.7. The molecule has 0 radical (unpaired) electrons. The number of hydrogen-bond acceptors (Lipinski definition) is 4. The summed E-state index contributed by atoms with van der Waals surface area (Å²) in [6.45, 7) is 0. The van der Waals surface area contributed by atoms with E-state index >= 15 is 0 Å². The van der Waals surface area contributed by atoms with Crippen LogP contribution in [0.25, 0.3) is 6.08 Å². The van der Waals surface area contributed by atoms with Crippen LogP contribution in [-0.4, -0.2) is 16.7 Å². The molecule has 4 nitrogen and oxygen atoms in total. The first kappa shape index (κ1) is 21.3. The van der Waals surface area contributed by atoms with Crippen molar-refractivity contribution in [2.24, 2.45) is 5.41 Å². The van der Waals surface area contributed by atoms with Gasteiger partial charge in [0.2, 0.25) is 0 Å². The first-order chi connectivity index (χ1) is 16.0. The lowest BCUT2D eigenvalue weighted by atomic mass is 9.67. The van der Waals surface area contributed by atoms with Gasteiger partial charge < -0.3 is 4.90 Å². The van der Waals surface area contributed by atoms with Gasteiger partial charge in [0.25, 0.3) is 0 Å². The predicted molar refractivity (Wildman–Crippen MR) is 127 cm³/mol. The summed E-state index contributed by atoms with van der Waals surface area (Å²) in [6.07, 6.45) is 3.74. The van der Waals surface area contributed by atoms with E-state index in [1.165, 1.54) is 0 Å². The van der Waals surface area contributed by atoms with Crippen LogP contribution in [0.2, 0.25) is 10.0 Å². The maximum absolute atomic E-state index is 13.9. The zero-order valence-corrected chi connectivity index (χ0v) is 18.8. The second kappa shape index (κ2) is 8.09. The van der Waals surface area contributed by atoms with E-state index in [0.717, 1.165) is 11.1 Å². The van der Waals surface area contributed by atoms with Gasteiger partial charge in [0.1, 0.15) is 6.04 Å². The lowest BCUT2D eigenvalue weighted by Gasteiger charge is -2.34. The molecular formula is C27H17Cl2N3O. The van der Waals surface area contributed by atoms with E-state index < -0.39 is 23.4 Å². The van der Waals surface area contributed by atoms with Crippen molar-refractivity contribution >= 4 is 35.1 Å². The van der Waals surface area contributed by atoms with E-state index in [1.807, 2.05) is 47.5 Å². The standard InChI is InChI=1S/C27H17Cl2N3O/c28-19-10-11-21(22(29)14-19)23-24(25(33)18-7-2-1-3-8-18)32-13-12-17-6-4-5-9-20(17)26(32)27(23,15-30)16-31/h1-14,23-24,26H/t23-,24+,26+/m1/s1. The Bertz CT molecular complexity index is 1360. The second-order valence-electron chi connectivity index (χ2n) is 8.21. The molecule has 160 valence electrons. The van der Waals surface area contributed by atoms with Crippen LogP contribution in [0.5, 0.6) is 0 Å². The summed E-state index contributed by atoms with van der Waals surface area (Å²) >= 11 is 12.8. The molecule has 6 heteroatoms. The Morgan fingerprint density at radius 1 is 0.909 bits per heavy atom. The van der Waals surface area contributed by atoms with E-state index in [1.54, 1.807) is 42.5 Å². The Balaban J connectivity index is 1.80. The van der Waals surface area contributed by atoms with Crippen LogP contribution in [0.4, 0.5) is 0 Å². The highest BCUT2D eigenvalue weighted by atomic mass is 35.5. The first-order valence-electron chi connectivity index (χ1n) is 10.4. The van der Waals surface area contributed by atoms with Gasteiger partial charge in [0.15, 0.2) is 11.2 Å².